The number of nitrogens with zero attached hydrogens (tertiary/aromatic N) is 3. The molecule has 0 aliphatic rings. The van der Waals surface area contributed by atoms with Crippen molar-refractivity contribution in [3.8, 4) is 6.07 Å². The van der Waals surface area contributed by atoms with Gasteiger partial charge >= 0.3 is 0 Å². The van der Waals surface area contributed by atoms with Gasteiger partial charge in [0.2, 0.25) is 0 Å². The standard InChI is InChI=1S/C12H17N3O/c1-12(2,9-16)15(3)8-10-4-5-14-11(6-10)7-13/h4-6,16H,8-9H2,1-3H3. The highest BCUT2D eigenvalue weighted by Gasteiger charge is 2.22. The van der Waals surface area contributed by atoms with Crippen molar-refractivity contribution in [2.45, 2.75) is 25.9 Å². The summed E-state index contributed by atoms with van der Waals surface area (Å²) in [6.45, 7) is 4.73. The van der Waals surface area contributed by atoms with E-state index in [9.17, 15) is 5.11 Å². The quantitative estimate of drug-likeness (QED) is 0.825. The van der Waals surface area contributed by atoms with E-state index in [1.54, 1.807) is 12.3 Å². The number of aromatic nitrogens is 1. The minimum atomic E-state index is -0.268. The van der Waals surface area contributed by atoms with Crippen LogP contribution in [0.5, 0.6) is 0 Å². The Morgan fingerprint density at radius 3 is 2.81 bits per heavy atom. The molecule has 0 saturated carbocycles. The molecule has 0 bridgehead atoms. The lowest BCUT2D eigenvalue weighted by atomic mass is 10.0. The molecule has 0 atom stereocenters. The van der Waals surface area contributed by atoms with Crippen LogP contribution in [-0.2, 0) is 6.54 Å². The van der Waals surface area contributed by atoms with Crippen LogP contribution in [0.3, 0.4) is 0 Å². The maximum atomic E-state index is 9.24. The van der Waals surface area contributed by atoms with Crippen LogP contribution in [0.1, 0.15) is 25.1 Å². The van der Waals surface area contributed by atoms with Gasteiger partial charge in [-0.1, -0.05) is 0 Å². The number of hydrogen-bond acceptors (Lipinski definition) is 4. The Labute approximate surface area is 96.2 Å². The Kier molecular flexibility index (Phi) is 3.99. The molecule has 0 aliphatic heterocycles. The van der Waals surface area contributed by atoms with E-state index >= 15 is 0 Å². The van der Waals surface area contributed by atoms with Gasteiger partial charge in [-0.3, -0.25) is 4.90 Å². The van der Waals surface area contributed by atoms with Gasteiger partial charge in [-0.15, -0.1) is 0 Å². The number of rotatable bonds is 4. The molecule has 1 aromatic rings. The van der Waals surface area contributed by atoms with Crippen LogP contribution < -0.4 is 0 Å². The van der Waals surface area contributed by atoms with Gasteiger partial charge < -0.3 is 5.11 Å². The van der Waals surface area contributed by atoms with E-state index in [0.29, 0.717) is 12.2 Å². The van der Waals surface area contributed by atoms with Crippen LogP contribution in [0.15, 0.2) is 18.3 Å². The Morgan fingerprint density at radius 2 is 2.25 bits per heavy atom. The molecule has 1 aromatic heterocycles. The zero-order valence-corrected chi connectivity index (χ0v) is 9.94. The summed E-state index contributed by atoms with van der Waals surface area (Å²) >= 11 is 0. The van der Waals surface area contributed by atoms with Gasteiger partial charge in [-0.05, 0) is 38.6 Å². The average molecular weight is 219 g/mol. The van der Waals surface area contributed by atoms with Crippen molar-refractivity contribution in [1.29, 1.82) is 5.26 Å². The molecular formula is C12H17N3O. The van der Waals surface area contributed by atoms with Crippen LogP contribution in [-0.4, -0.2) is 34.2 Å². The smallest absolute Gasteiger partial charge is 0.140 e. The normalized spacial score (nSPS) is 11.5. The van der Waals surface area contributed by atoms with Gasteiger partial charge in [-0.2, -0.15) is 5.26 Å². The van der Waals surface area contributed by atoms with Gasteiger partial charge in [0, 0.05) is 18.3 Å². The van der Waals surface area contributed by atoms with Crippen molar-refractivity contribution in [3.05, 3.63) is 29.6 Å². The average Bonchev–Trinajstić information content (AvgIpc) is 2.29. The third kappa shape index (κ3) is 3.02. The van der Waals surface area contributed by atoms with Gasteiger partial charge in [0.15, 0.2) is 0 Å². The van der Waals surface area contributed by atoms with Crippen molar-refractivity contribution in [3.63, 3.8) is 0 Å². The summed E-state index contributed by atoms with van der Waals surface area (Å²) in [5.41, 5.74) is 1.18. The molecule has 0 saturated heterocycles. The molecule has 0 radical (unpaired) electrons. The highest BCUT2D eigenvalue weighted by Crippen LogP contribution is 2.15. The molecule has 4 heteroatoms. The second-order valence-corrected chi connectivity index (χ2v) is 4.49. The molecule has 1 rings (SSSR count). The number of pyridine rings is 1. The molecule has 1 heterocycles. The summed E-state index contributed by atoms with van der Waals surface area (Å²) < 4.78 is 0. The van der Waals surface area contributed by atoms with Crippen LogP contribution in [0.2, 0.25) is 0 Å². The molecule has 0 aliphatic carbocycles. The second kappa shape index (κ2) is 5.06. The first kappa shape index (κ1) is 12.6. The molecule has 1 N–H and O–H groups in total. The lowest BCUT2D eigenvalue weighted by Gasteiger charge is -2.33. The maximum absolute atomic E-state index is 9.24. The maximum Gasteiger partial charge on any atom is 0.140 e. The minimum absolute atomic E-state index is 0.0969. The predicted octanol–water partition coefficient (Wildman–Crippen LogP) is 1.16. The first-order valence-electron chi connectivity index (χ1n) is 5.17. The minimum Gasteiger partial charge on any atom is -0.394 e. The first-order valence-corrected chi connectivity index (χ1v) is 5.17. The molecule has 16 heavy (non-hydrogen) atoms. The Morgan fingerprint density at radius 1 is 1.56 bits per heavy atom. The summed E-state index contributed by atoms with van der Waals surface area (Å²) in [6, 6.07) is 5.66. The van der Waals surface area contributed by atoms with Crippen LogP contribution >= 0.6 is 0 Å². The molecule has 4 nitrogen and oxygen atoms in total. The fourth-order valence-electron chi connectivity index (χ4n) is 1.24. The number of aliphatic hydroxyl groups excluding tert-OH is 1. The van der Waals surface area contributed by atoms with Crippen molar-refractivity contribution >= 4 is 0 Å². The van der Waals surface area contributed by atoms with E-state index in [0.717, 1.165) is 5.56 Å². The molecule has 0 fully saturated rings. The molecule has 0 aromatic carbocycles. The number of aliphatic hydroxyl groups is 1. The number of hydrogen-bond donors (Lipinski definition) is 1. The van der Waals surface area contributed by atoms with Crippen molar-refractivity contribution in [2.24, 2.45) is 0 Å². The van der Waals surface area contributed by atoms with Gasteiger partial charge in [-0.25, -0.2) is 4.98 Å². The lowest BCUT2D eigenvalue weighted by Crippen LogP contribution is -2.43. The van der Waals surface area contributed by atoms with Crippen LogP contribution in [0.4, 0.5) is 0 Å². The molecule has 0 amide bonds. The number of likely N-dealkylation sites (N-methyl/N-ethyl adjacent to an activating group) is 1. The monoisotopic (exact) mass is 219 g/mol. The van der Waals surface area contributed by atoms with Crippen LogP contribution in [0, 0.1) is 11.3 Å². The second-order valence-electron chi connectivity index (χ2n) is 4.49. The summed E-state index contributed by atoms with van der Waals surface area (Å²) in [5.74, 6) is 0. The zero-order chi connectivity index (χ0) is 12.2. The molecule has 0 spiro atoms. The van der Waals surface area contributed by atoms with Gasteiger partial charge in [0.25, 0.3) is 0 Å². The summed E-state index contributed by atoms with van der Waals surface area (Å²) in [4.78, 5) is 5.96. The summed E-state index contributed by atoms with van der Waals surface area (Å²) in [5, 5.41) is 18.0. The summed E-state index contributed by atoms with van der Waals surface area (Å²) in [6.07, 6.45) is 1.63. The Balaban J connectivity index is 2.77. The zero-order valence-electron chi connectivity index (χ0n) is 9.94. The van der Waals surface area contributed by atoms with Crippen molar-refractivity contribution in [2.75, 3.05) is 13.7 Å². The number of nitriles is 1. The highest BCUT2D eigenvalue weighted by molar-refractivity contribution is 5.25. The predicted molar refractivity (Wildman–Crippen MR) is 61.6 cm³/mol. The SMILES string of the molecule is CN(Cc1ccnc(C#N)c1)C(C)(C)CO. The third-order valence-electron chi connectivity index (χ3n) is 2.78. The van der Waals surface area contributed by atoms with Crippen molar-refractivity contribution in [1.82, 2.24) is 9.88 Å². The fourth-order valence-corrected chi connectivity index (χ4v) is 1.24. The van der Waals surface area contributed by atoms with E-state index in [-0.39, 0.29) is 12.1 Å². The summed E-state index contributed by atoms with van der Waals surface area (Å²) in [7, 11) is 1.95. The van der Waals surface area contributed by atoms with E-state index in [1.165, 1.54) is 0 Å². The molecular weight excluding hydrogens is 202 g/mol. The largest absolute Gasteiger partial charge is 0.394 e. The van der Waals surface area contributed by atoms with E-state index < -0.39 is 0 Å². The highest BCUT2D eigenvalue weighted by atomic mass is 16.3. The van der Waals surface area contributed by atoms with Gasteiger partial charge in [0.1, 0.15) is 11.8 Å². The molecule has 0 unspecified atom stereocenters. The van der Waals surface area contributed by atoms with E-state index in [4.69, 9.17) is 5.26 Å². The van der Waals surface area contributed by atoms with Gasteiger partial charge in [0.05, 0.1) is 6.61 Å². The lowest BCUT2D eigenvalue weighted by molar-refractivity contribution is 0.0734. The van der Waals surface area contributed by atoms with E-state index in [1.807, 2.05) is 37.9 Å². The first-order chi connectivity index (χ1) is 7.49. The van der Waals surface area contributed by atoms with Crippen LogP contribution in [0.25, 0.3) is 0 Å². The topological polar surface area (TPSA) is 60.2 Å². The van der Waals surface area contributed by atoms with E-state index in [2.05, 4.69) is 4.98 Å². The Hall–Kier alpha value is -1.44. The Bertz CT molecular complexity index is 395. The third-order valence-corrected chi connectivity index (χ3v) is 2.78. The fraction of sp³-hybridized carbons (Fsp3) is 0.500. The van der Waals surface area contributed by atoms with Crippen molar-refractivity contribution < 1.29 is 5.11 Å². The molecule has 86 valence electrons.